The number of ether oxygens (including phenoxy) is 1. The van der Waals surface area contributed by atoms with E-state index in [1.807, 2.05) is 28.5 Å². The molecule has 1 atom stereocenters. The first-order chi connectivity index (χ1) is 11.7. The first-order valence-corrected chi connectivity index (χ1v) is 8.16. The molecule has 0 aliphatic carbocycles. The third-order valence-electron chi connectivity index (χ3n) is 4.12. The molecule has 2 amide bonds. The van der Waals surface area contributed by atoms with Crippen molar-refractivity contribution in [2.75, 3.05) is 19.6 Å². The van der Waals surface area contributed by atoms with Gasteiger partial charge in [0, 0.05) is 25.3 Å². The monoisotopic (exact) mass is 330 g/mol. The minimum atomic E-state index is -0.118. The molecular weight excluding hydrogens is 308 g/mol. The molecule has 8 heteroatoms. The van der Waals surface area contributed by atoms with Gasteiger partial charge in [-0.25, -0.2) is 4.79 Å². The summed E-state index contributed by atoms with van der Waals surface area (Å²) in [5.41, 5.74) is 0. The van der Waals surface area contributed by atoms with E-state index in [-0.39, 0.29) is 12.1 Å². The molecule has 0 unspecified atom stereocenters. The van der Waals surface area contributed by atoms with Crippen LogP contribution in [0.3, 0.4) is 0 Å². The van der Waals surface area contributed by atoms with E-state index in [0.717, 1.165) is 25.9 Å². The summed E-state index contributed by atoms with van der Waals surface area (Å²) in [6.45, 7) is 3.84. The maximum atomic E-state index is 12.3. The van der Waals surface area contributed by atoms with Gasteiger partial charge in [-0.3, -0.25) is 4.98 Å². The van der Waals surface area contributed by atoms with Crippen molar-refractivity contribution in [2.45, 2.75) is 31.9 Å². The Labute approximate surface area is 140 Å². The van der Waals surface area contributed by atoms with E-state index in [1.54, 1.807) is 25.0 Å². The van der Waals surface area contributed by atoms with Crippen molar-refractivity contribution in [2.24, 2.45) is 0 Å². The minimum absolute atomic E-state index is 0.0427. The molecule has 0 spiro atoms. The number of urea groups is 1. The Kier molecular flexibility index (Phi) is 5.25. The average Bonchev–Trinajstić information content (AvgIpc) is 3.15. The van der Waals surface area contributed by atoms with Crippen LogP contribution in [0.5, 0.6) is 5.75 Å². The van der Waals surface area contributed by atoms with Crippen LogP contribution in [0.2, 0.25) is 0 Å². The van der Waals surface area contributed by atoms with Gasteiger partial charge in [-0.1, -0.05) is 0 Å². The van der Waals surface area contributed by atoms with Crippen molar-refractivity contribution >= 4 is 6.03 Å². The lowest BCUT2D eigenvalue weighted by atomic mass is 10.1. The number of hydrogen-bond donors (Lipinski definition) is 1. The number of carbonyl (C=O) groups is 1. The summed E-state index contributed by atoms with van der Waals surface area (Å²) in [6, 6.07) is 4.00. The van der Waals surface area contributed by atoms with Gasteiger partial charge in [0.15, 0.2) is 0 Å². The predicted octanol–water partition coefficient (Wildman–Crippen LogP) is 1.49. The van der Waals surface area contributed by atoms with E-state index in [0.29, 0.717) is 18.3 Å². The van der Waals surface area contributed by atoms with Crippen molar-refractivity contribution in [3.05, 3.63) is 37.2 Å². The molecule has 1 saturated heterocycles. The zero-order valence-electron chi connectivity index (χ0n) is 13.7. The highest BCUT2D eigenvalue weighted by molar-refractivity contribution is 5.74. The molecular formula is C16H22N6O2. The SMILES string of the molecule is C[C@@H](CNC(=O)N1CCC(n2cnnc2)CC1)Oc1cccnc1. The third-order valence-corrected chi connectivity index (χ3v) is 4.12. The first-order valence-electron chi connectivity index (χ1n) is 8.16. The van der Waals surface area contributed by atoms with Crippen molar-refractivity contribution in [3.8, 4) is 5.75 Å². The molecule has 0 aromatic carbocycles. The van der Waals surface area contributed by atoms with Gasteiger partial charge in [-0.05, 0) is 31.9 Å². The van der Waals surface area contributed by atoms with Crippen LogP contribution in [0.25, 0.3) is 0 Å². The van der Waals surface area contributed by atoms with Crippen LogP contribution in [0.4, 0.5) is 4.79 Å². The normalized spacial score (nSPS) is 16.6. The quantitative estimate of drug-likeness (QED) is 0.898. The zero-order chi connectivity index (χ0) is 16.8. The Morgan fingerprint density at radius 3 is 2.79 bits per heavy atom. The van der Waals surface area contributed by atoms with Crippen LogP contribution in [-0.2, 0) is 0 Å². The molecule has 1 N–H and O–H groups in total. The van der Waals surface area contributed by atoms with Crippen molar-refractivity contribution < 1.29 is 9.53 Å². The van der Waals surface area contributed by atoms with Crippen LogP contribution in [0.15, 0.2) is 37.2 Å². The Morgan fingerprint density at radius 2 is 2.12 bits per heavy atom. The lowest BCUT2D eigenvalue weighted by Gasteiger charge is -2.32. The number of nitrogens with zero attached hydrogens (tertiary/aromatic N) is 5. The second-order valence-corrected chi connectivity index (χ2v) is 5.93. The second kappa shape index (κ2) is 7.76. The van der Waals surface area contributed by atoms with Crippen LogP contribution >= 0.6 is 0 Å². The maximum absolute atomic E-state index is 12.3. The molecule has 2 aromatic rings. The molecule has 8 nitrogen and oxygen atoms in total. The van der Waals surface area contributed by atoms with Gasteiger partial charge in [0.1, 0.15) is 24.5 Å². The zero-order valence-corrected chi connectivity index (χ0v) is 13.7. The van der Waals surface area contributed by atoms with Gasteiger partial charge in [0.05, 0.1) is 12.7 Å². The summed E-state index contributed by atoms with van der Waals surface area (Å²) in [6.07, 6.45) is 8.53. The standard InChI is InChI=1S/C16H22N6O2/c1-13(24-15-3-2-6-17-10-15)9-18-16(23)21-7-4-14(5-8-21)22-11-19-20-12-22/h2-3,6,10-14H,4-5,7-9H2,1H3,(H,18,23)/t13-/m0/s1. The number of likely N-dealkylation sites (tertiary alicyclic amines) is 1. The topological polar surface area (TPSA) is 85.2 Å². The Hall–Kier alpha value is -2.64. The number of aromatic nitrogens is 4. The third kappa shape index (κ3) is 4.21. The fraction of sp³-hybridized carbons (Fsp3) is 0.500. The summed E-state index contributed by atoms with van der Waals surface area (Å²) >= 11 is 0. The van der Waals surface area contributed by atoms with Crippen molar-refractivity contribution in [1.82, 2.24) is 30.0 Å². The minimum Gasteiger partial charge on any atom is -0.487 e. The van der Waals surface area contributed by atoms with Crippen molar-refractivity contribution in [3.63, 3.8) is 0 Å². The van der Waals surface area contributed by atoms with E-state index < -0.39 is 0 Å². The highest BCUT2D eigenvalue weighted by Crippen LogP contribution is 2.21. The molecule has 3 heterocycles. The Morgan fingerprint density at radius 1 is 1.38 bits per heavy atom. The molecule has 0 saturated carbocycles. The lowest BCUT2D eigenvalue weighted by molar-refractivity contribution is 0.162. The molecule has 3 rings (SSSR count). The fourth-order valence-corrected chi connectivity index (χ4v) is 2.80. The number of piperidine rings is 1. The maximum Gasteiger partial charge on any atom is 0.317 e. The predicted molar refractivity (Wildman–Crippen MR) is 87.6 cm³/mol. The van der Waals surface area contributed by atoms with Crippen molar-refractivity contribution in [1.29, 1.82) is 0 Å². The van der Waals surface area contributed by atoms with E-state index in [9.17, 15) is 4.79 Å². The number of nitrogens with one attached hydrogen (secondary N) is 1. The summed E-state index contributed by atoms with van der Waals surface area (Å²) in [4.78, 5) is 18.1. The van der Waals surface area contributed by atoms with Crippen LogP contribution < -0.4 is 10.1 Å². The van der Waals surface area contributed by atoms with Crippen LogP contribution in [0.1, 0.15) is 25.8 Å². The van der Waals surface area contributed by atoms with Gasteiger partial charge in [0.2, 0.25) is 0 Å². The molecule has 24 heavy (non-hydrogen) atoms. The molecule has 2 aromatic heterocycles. The average molecular weight is 330 g/mol. The second-order valence-electron chi connectivity index (χ2n) is 5.93. The number of pyridine rings is 1. The summed E-state index contributed by atoms with van der Waals surface area (Å²) in [5.74, 6) is 0.703. The summed E-state index contributed by atoms with van der Waals surface area (Å²) < 4.78 is 7.72. The Balaban J connectivity index is 1.39. The number of carbonyl (C=O) groups excluding carboxylic acids is 1. The van der Waals surface area contributed by atoms with Crippen LogP contribution in [-0.4, -0.2) is 56.4 Å². The molecule has 1 fully saturated rings. The molecule has 1 aliphatic heterocycles. The van der Waals surface area contributed by atoms with Gasteiger partial charge < -0.3 is 19.5 Å². The van der Waals surface area contributed by atoms with Gasteiger partial charge in [0.25, 0.3) is 0 Å². The number of hydrogen-bond acceptors (Lipinski definition) is 5. The smallest absolute Gasteiger partial charge is 0.317 e. The van der Waals surface area contributed by atoms with Crippen LogP contribution in [0, 0.1) is 0 Å². The van der Waals surface area contributed by atoms with E-state index in [1.165, 1.54) is 0 Å². The highest BCUT2D eigenvalue weighted by atomic mass is 16.5. The number of rotatable bonds is 5. The number of amides is 2. The largest absolute Gasteiger partial charge is 0.487 e. The lowest BCUT2D eigenvalue weighted by Crippen LogP contribution is -2.46. The Bertz CT molecular complexity index is 625. The van der Waals surface area contributed by atoms with E-state index in [2.05, 4.69) is 20.5 Å². The first kappa shape index (κ1) is 16.2. The highest BCUT2D eigenvalue weighted by Gasteiger charge is 2.23. The molecule has 0 radical (unpaired) electrons. The molecule has 0 bridgehead atoms. The summed E-state index contributed by atoms with van der Waals surface area (Å²) in [7, 11) is 0. The van der Waals surface area contributed by atoms with Gasteiger partial charge >= 0.3 is 6.03 Å². The van der Waals surface area contributed by atoms with Gasteiger partial charge in [-0.15, -0.1) is 10.2 Å². The van der Waals surface area contributed by atoms with E-state index in [4.69, 9.17) is 4.74 Å². The molecule has 128 valence electrons. The summed E-state index contributed by atoms with van der Waals surface area (Å²) in [5, 5.41) is 10.6. The van der Waals surface area contributed by atoms with E-state index >= 15 is 0 Å². The fourth-order valence-electron chi connectivity index (χ4n) is 2.80. The van der Waals surface area contributed by atoms with Gasteiger partial charge in [-0.2, -0.15) is 0 Å². The molecule has 1 aliphatic rings.